The Balaban J connectivity index is 3.04. The molecule has 0 amide bonds. The van der Waals surface area contributed by atoms with Gasteiger partial charge in [0.25, 0.3) is 10.0 Å². The van der Waals surface area contributed by atoms with Crippen molar-refractivity contribution in [2.45, 2.75) is 24.9 Å². The Morgan fingerprint density at radius 2 is 2.22 bits per heavy atom. The number of hydrogen-bond donors (Lipinski definition) is 1. The summed E-state index contributed by atoms with van der Waals surface area (Å²) in [7, 11) is -3.54. The molecule has 0 aliphatic carbocycles. The molecule has 0 fully saturated rings. The van der Waals surface area contributed by atoms with Crippen LogP contribution in [0.2, 0.25) is 0 Å². The van der Waals surface area contributed by atoms with Crippen LogP contribution >= 0.6 is 0 Å². The Hall–Kier alpha value is -1.24. The second-order valence-corrected chi connectivity index (χ2v) is 5.75. The van der Waals surface area contributed by atoms with E-state index in [1.54, 1.807) is 12.1 Å². The minimum absolute atomic E-state index is 0.0509. The molecule has 0 bridgehead atoms. The van der Waals surface area contributed by atoms with Crippen LogP contribution in [-0.4, -0.2) is 30.8 Å². The Kier molecular flexibility index (Phi) is 5.46. The molecule has 2 N–H and O–H groups in total. The van der Waals surface area contributed by atoms with E-state index in [1.165, 1.54) is 16.6 Å². The normalized spacial score (nSPS) is 11.7. The molecule has 0 radical (unpaired) electrons. The molecule has 0 aliphatic rings. The molecule has 100 valence electrons. The zero-order valence-electron chi connectivity index (χ0n) is 10.5. The summed E-state index contributed by atoms with van der Waals surface area (Å²) in [5.41, 5.74) is 6.26. The Morgan fingerprint density at radius 1 is 1.50 bits per heavy atom. The van der Waals surface area contributed by atoms with Crippen molar-refractivity contribution >= 4 is 10.0 Å². The number of aromatic nitrogens is 1. The standard InChI is InChI=1S/C12H19N3O2S/c1-3-7-15(8-4-2)18(16,17)12-6-5-11(9-13)10-14-12/h3,5-6,10H,1,4,7-9,13H2,2H3. The van der Waals surface area contributed by atoms with Crippen molar-refractivity contribution in [3.05, 3.63) is 36.5 Å². The number of nitrogens with zero attached hydrogens (tertiary/aromatic N) is 2. The van der Waals surface area contributed by atoms with E-state index in [-0.39, 0.29) is 11.6 Å². The van der Waals surface area contributed by atoms with Gasteiger partial charge in [0, 0.05) is 25.8 Å². The number of pyridine rings is 1. The van der Waals surface area contributed by atoms with E-state index in [9.17, 15) is 8.42 Å². The fourth-order valence-corrected chi connectivity index (χ4v) is 2.93. The van der Waals surface area contributed by atoms with Gasteiger partial charge in [-0.05, 0) is 18.1 Å². The van der Waals surface area contributed by atoms with Gasteiger partial charge in [-0.15, -0.1) is 6.58 Å². The fourth-order valence-electron chi connectivity index (χ4n) is 1.52. The minimum atomic E-state index is -3.54. The summed E-state index contributed by atoms with van der Waals surface area (Å²) in [6, 6.07) is 3.17. The van der Waals surface area contributed by atoms with Crippen molar-refractivity contribution in [3.63, 3.8) is 0 Å². The smallest absolute Gasteiger partial charge is 0.260 e. The predicted octanol–water partition coefficient (Wildman–Crippen LogP) is 1.13. The molecule has 0 saturated heterocycles. The van der Waals surface area contributed by atoms with E-state index in [4.69, 9.17) is 5.73 Å². The third-order valence-corrected chi connectivity index (χ3v) is 4.22. The topological polar surface area (TPSA) is 76.3 Å². The highest BCUT2D eigenvalue weighted by Crippen LogP contribution is 2.14. The molecule has 0 unspecified atom stereocenters. The number of nitrogens with two attached hydrogens (primary N) is 1. The minimum Gasteiger partial charge on any atom is -0.326 e. The van der Waals surface area contributed by atoms with E-state index in [0.29, 0.717) is 13.1 Å². The van der Waals surface area contributed by atoms with Gasteiger partial charge in [0.05, 0.1) is 0 Å². The zero-order valence-corrected chi connectivity index (χ0v) is 11.4. The molecule has 1 aromatic rings. The summed E-state index contributed by atoms with van der Waals surface area (Å²) < 4.78 is 26.0. The van der Waals surface area contributed by atoms with Crippen molar-refractivity contribution in [2.75, 3.05) is 13.1 Å². The lowest BCUT2D eigenvalue weighted by Gasteiger charge is -2.19. The molecular formula is C12H19N3O2S. The van der Waals surface area contributed by atoms with E-state index in [0.717, 1.165) is 12.0 Å². The molecule has 0 aromatic carbocycles. The van der Waals surface area contributed by atoms with Gasteiger partial charge >= 0.3 is 0 Å². The molecule has 0 spiro atoms. The maximum Gasteiger partial charge on any atom is 0.260 e. The van der Waals surface area contributed by atoms with Gasteiger partial charge in [-0.1, -0.05) is 19.1 Å². The summed E-state index contributed by atoms with van der Waals surface area (Å²) in [4.78, 5) is 3.96. The Labute approximate surface area is 108 Å². The first-order chi connectivity index (χ1) is 8.56. The summed E-state index contributed by atoms with van der Waals surface area (Å²) in [6.45, 7) is 6.59. The van der Waals surface area contributed by atoms with Crippen LogP contribution in [0.5, 0.6) is 0 Å². The van der Waals surface area contributed by atoms with Crippen LogP contribution in [0.3, 0.4) is 0 Å². The molecular weight excluding hydrogens is 250 g/mol. The van der Waals surface area contributed by atoms with E-state index >= 15 is 0 Å². The number of sulfonamides is 1. The summed E-state index contributed by atoms with van der Waals surface area (Å²) >= 11 is 0. The van der Waals surface area contributed by atoms with E-state index < -0.39 is 10.0 Å². The molecule has 1 rings (SSSR count). The molecule has 1 aromatic heterocycles. The second kappa shape index (κ2) is 6.63. The molecule has 6 heteroatoms. The Bertz CT molecular complexity index is 483. The molecule has 0 saturated carbocycles. The molecule has 0 aliphatic heterocycles. The summed E-state index contributed by atoms with van der Waals surface area (Å²) in [5.74, 6) is 0. The van der Waals surface area contributed by atoms with Crippen LogP contribution in [0.25, 0.3) is 0 Å². The van der Waals surface area contributed by atoms with Crippen molar-refractivity contribution in [2.24, 2.45) is 5.73 Å². The molecule has 18 heavy (non-hydrogen) atoms. The lowest BCUT2D eigenvalue weighted by atomic mass is 10.3. The van der Waals surface area contributed by atoms with Crippen LogP contribution in [0.15, 0.2) is 36.0 Å². The van der Waals surface area contributed by atoms with E-state index in [1.807, 2.05) is 6.92 Å². The van der Waals surface area contributed by atoms with Crippen LogP contribution < -0.4 is 5.73 Å². The van der Waals surface area contributed by atoms with Gasteiger partial charge in [0.15, 0.2) is 5.03 Å². The van der Waals surface area contributed by atoms with Crippen LogP contribution in [0, 0.1) is 0 Å². The quantitative estimate of drug-likeness (QED) is 0.753. The van der Waals surface area contributed by atoms with Crippen molar-refractivity contribution in [3.8, 4) is 0 Å². The zero-order chi connectivity index (χ0) is 13.6. The lowest BCUT2D eigenvalue weighted by molar-refractivity contribution is 0.439. The van der Waals surface area contributed by atoms with Crippen molar-refractivity contribution in [1.29, 1.82) is 0 Å². The SMILES string of the molecule is C=CCN(CCC)S(=O)(=O)c1ccc(CN)cn1. The maximum absolute atomic E-state index is 12.3. The highest BCUT2D eigenvalue weighted by atomic mass is 32.2. The molecule has 5 nitrogen and oxygen atoms in total. The first-order valence-electron chi connectivity index (χ1n) is 5.82. The van der Waals surface area contributed by atoms with Gasteiger partial charge in [-0.2, -0.15) is 4.31 Å². The molecule has 0 atom stereocenters. The van der Waals surface area contributed by atoms with Crippen molar-refractivity contribution in [1.82, 2.24) is 9.29 Å². The summed E-state index contributed by atoms with van der Waals surface area (Å²) in [6.07, 6.45) is 3.81. The van der Waals surface area contributed by atoms with Gasteiger partial charge in [0.2, 0.25) is 0 Å². The average molecular weight is 269 g/mol. The predicted molar refractivity (Wildman–Crippen MR) is 71.4 cm³/mol. The van der Waals surface area contributed by atoms with Gasteiger partial charge in [-0.3, -0.25) is 0 Å². The van der Waals surface area contributed by atoms with Gasteiger partial charge in [0.1, 0.15) is 0 Å². The largest absolute Gasteiger partial charge is 0.326 e. The van der Waals surface area contributed by atoms with Crippen LogP contribution in [-0.2, 0) is 16.6 Å². The highest BCUT2D eigenvalue weighted by molar-refractivity contribution is 7.89. The second-order valence-electron chi connectivity index (χ2n) is 3.86. The third kappa shape index (κ3) is 3.38. The number of rotatable bonds is 7. The van der Waals surface area contributed by atoms with E-state index in [2.05, 4.69) is 11.6 Å². The monoisotopic (exact) mass is 269 g/mol. The fraction of sp³-hybridized carbons (Fsp3) is 0.417. The summed E-state index contributed by atoms with van der Waals surface area (Å²) in [5, 5.41) is 0.0509. The highest BCUT2D eigenvalue weighted by Gasteiger charge is 2.23. The first kappa shape index (κ1) is 14.8. The molecule has 1 heterocycles. The average Bonchev–Trinajstić information content (AvgIpc) is 2.38. The van der Waals surface area contributed by atoms with Crippen LogP contribution in [0.1, 0.15) is 18.9 Å². The third-order valence-electron chi connectivity index (χ3n) is 2.44. The Morgan fingerprint density at radius 3 is 2.67 bits per heavy atom. The van der Waals surface area contributed by atoms with Crippen LogP contribution in [0.4, 0.5) is 0 Å². The van der Waals surface area contributed by atoms with Gasteiger partial charge < -0.3 is 5.73 Å². The van der Waals surface area contributed by atoms with Gasteiger partial charge in [-0.25, -0.2) is 13.4 Å². The van der Waals surface area contributed by atoms with Crippen molar-refractivity contribution < 1.29 is 8.42 Å². The first-order valence-corrected chi connectivity index (χ1v) is 7.26. The maximum atomic E-state index is 12.3. The lowest BCUT2D eigenvalue weighted by Crippen LogP contribution is -2.32. The number of hydrogen-bond acceptors (Lipinski definition) is 4.